The van der Waals surface area contributed by atoms with Crippen molar-refractivity contribution < 1.29 is 28.6 Å². The smallest absolute Gasteiger partial charge is 0.417 e. The Hall–Kier alpha value is -2.93. The number of benzene rings is 1. The lowest BCUT2D eigenvalue weighted by atomic mass is 9.88. The molecule has 0 unspecified atom stereocenters. The van der Waals surface area contributed by atoms with Crippen molar-refractivity contribution >= 4 is 17.8 Å². The van der Waals surface area contributed by atoms with E-state index < -0.39 is 35.3 Å². The summed E-state index contributed by atoms with van der Waals surface area (Å²) in [5.41, 5.74) is 2.12. The first-order valence-electron chi connectivity index (χ1n) is 14.9. The van der Waals surface area contributed by atoms with E-state index in [0.29, 0.717) is 6.42 Å². The summed E-state index contributed by atoms with van der Waals surface area (Å²) in [6.07, 6.45) is 8.60. The Labute approximate surface area is 239 Å². The number of furan rings is 1. The highest BCUT2D eigenvalue weighted by molar-refractivity contribution is 6.12. The first kappa shape index (κ1) is 31.6. The van der Waals surface area contributed by atoms with Crippen LogP contribution in [0.2, 0.25) is 0 Å². The summed E-state index contributed by atoms with van der Waals surface area (Å²) in [5, 5.41) is 8.90. The van der Waals surface area contributed by atoms with Crippen molar-refractivity contribution in [3.05, 3.63) is 47.4 Å². The Balaban J connectivity index is 1.75. The second-order valence-corrected chi connectivity index (χ2v) is 12.1. The van der Waals surface area contributed by atoms with Crippen LogP contribution in [0.3, 0.4) is 0 Å². The topological polar surface area (TPSA) is 97.1 Å². The predicted molar refractivity (Wildman–Crippen MR) is 156 cm³/mol. The summed E-state index contributed by atoms with van der Waals surface area (Å²) in [4.78, 5) is 40.9. The molecule has 40 heavy (non-hydrogen) atoms. The Morgan fingerprint density at radius 2 is 1.60 bits per heavy atom. The lowest BCUT2D eigenvalue weighted by Crippen LogP contribution is -2.50. The molecule has 1 aliphatic rings. The minimum Gasteiger partial charge on any atom is -0.457 e. The number of aryl methyl sites for hydroxylation is 2. The minimum atomic E-state index is -1.09. The predicted octanol–water partition coefficient (Wildman–Crippen LogP) is 7.51. The van der Waals surface area contributed by atoms with Crippen molar-refractivity contribution in [3.8, 4) is 11.1 Å². The molecule has 2 amide bonds. The summed E-state index contributed by atoms with van der Waals surface area (Å²) < 4.78 is 11.7. The maximum absolute atomic E-state index is 13.6. The van der Waals surface area contributed by atoms with E-state index in [0.717, 1.165) is 65.9 Å². The number of nitrogens with zero attached hydrogens (tertiary/aromatic N) is 1. The van der Waals surface area contributed by atoms with Crippen LogP contribution in [0.1, 0.15) is 108 Å². The van der Waals surface area contributed by atoms with Crippen LogP contribution in [-0.2, 0) is 16.0 Å². The van der Waals surface area contributed by atoms with Crippen molar-refractivity contribution in [2.45, 2.75) is 111 Å². The first-order valence-corrected chi connectivity index (χ1v) is 14.9. The van der Waals surface area contributed by atoms with E-state index in [1.807, 2.05) is 39.0 Å². The van der Waals surface area contributed by atoms with Crippen LogP contribution in [0.25, 0.3) is 11.1 Å². The molecule has 1 fully saturated rings. The van der Waals surface area contributed by atoms with Crippen LogP contribution in [0, 0.1) is 18.8 Å². The van der Waals surface area contributed by atoms with Crippen molar-refractivity contribution in [3.63, 3.8) is 0 Å². The molecule has 1 aromatic heterocycles. The van der Waals surface area contributed by atoms with Crippen LogP contribution < -0.4 is 0 Å². The van der Waals surface area contributed by atoms with Gasteiger partial charge in [-0.05, 0) is 58.1 Å². The van der Waals surface area contributed by atoms with Crippen LogP contribution >= 0.6 is 0 Å². The fraction of sp³-hybridized carbons (Fsp3) is 0.606. The van der Waals surface area contributed by atoms with Gasteiger partial charge in [-0.25, -0.2) is 9.69 Å². The molecule has 1 aromatic carbocycles. The number of carbonyl (C=O) groups excluding carboxylic acids is 3. The number of carbonyl (C=O) groups is 3. The second kappa shape index (κ2) is 14.1. The molecule has 0 aliphatic carbocycles. The van der Waals surface area contributed by atoms with E-state index in [-0.39, 0.29) is 18.3 Å². The Morgan fingerprint density at radius 3 is 2.20 bits per heavy atom. The molecule has 3 rings (SSSR count). The summed E-state index contributed by atoms with van der Waals surface area (Å²) in [5.74, 6) is -1.22. The van der Waals surface area contributed by atoms with Gasteiger partial charge in [-0.2, -0.15) is 0 Å². The maximum Gasteiger partial charge on any atom is 0.417 e. The van der Waals surface area contributed by atoms with Gasteiger partial charge < -0.3 is 14.3 Å². The van der Waals surface area contributed by atoms with Crippen LogP contribution in [0.4, 0.5) is 4.79 Å². The summed E-state index contributed by atoms with van der Waals surface area (Å²) in [7, 11) is 0. The molecule has 1 N–H and O–H groups in total. The van der Waals surface area contributed by atoms with Gasteiger partial charge in [0.15, 0.2) is 5.76 Å². The number of aliphatic hydroxyl groups excluding tert-OH is 1. The van der Waals surface area contributed by atoms with Crippen molar-refractivity contribution in [2.24, 2.45) is 11.8 Å². The SMILES string of the molecule is Cc1cccc(-c2cc(C(=O)[C@@H](C)C(=O)N3C(=O)OC(C)(C)[C@H]3C(C)C)oc2CCCCCCCCCCO)c1. The highest BCUT2D eigenvalue weighted by atomic mass is 16.6. The van der Waals surface area contributed by atoms with Gasteiger partial charge in [0.25, 0.3) is 0 Å². The molecule has 220 valence electrons. The lowest BCUT2D eigenvalue weighted by molar-refractivity contribution is -0.132. The third-order valence-corrected chi connectivity index (χ3v) is 7.86. The number of ketones is 1. The van der Waals surface area contributed by atoms with Crippen LogP contribution in [0.15, 0.2) is 34.7 Å². The average Bonchev–Trinajstić information content (AvgIpc) is 3.43. The molecule has 2 aromatic rings. The van der Waals surface area contributed by atoms with E-state index in [1.54, 1.807) is 19.9 Å². The number of Topliss-reactive ketones (excluding diaryl/α,β-unsaturated/α-hetero) is 1. The molecule has 0 spiro atoms. The second-order valence-electron chi connectivity index (χ2n) is 12.1. The number of aliphatic hydroxyl groups is 1. The number of hydrogen-bond acceptors (Lipinski definition) is 6. The van der Waals surface area contributed by atoms with E-state index in [4.69, 9.17) is 14.3 Å². The van der Waals surface area contributed by atoms with Gasteiger partial charge in [0, 0.05) is 18.6 Å². The fourth-order valence-electron chi connectivity index (χ4n) is 5.87. The molecule has 7 nitrogen and oxygen atoms in total. The highest BCUT2D eigenvalue weighted by Gasteiger charge is 2.53. The Kier molecular flexibility index (Phi) is 11.1. The van der Waals surface area contributed by atoms with Crippen molar-refractivity contribution in [2.75, 3.05) is 6.61 Å². The third-order valence-electron chi connectivity index (χ3n) is 7.86. The molecular formula is C33H47NO6. The molecule has 1 saturated heterocycles. The number of cyclic esters (lactones) is 1. The van der Waals surface area contributed by atoms with E-state index in [9.17, 15) is 14.4 Å². The summed E-state index contributed by atoms with van der Waals surface area (Å²) >= 11 is 0. The van der Waals surface area contributed by atoms with E-state index in [2.05, 4.69) is 6.07 Å². The standard InChI is InChI=1S/C33H47NO6/c1-22(2)30-33(5,6)40-32(38)34(30)31(37)24(4)29(36)28-21-26(25-17-15-16-23(3)20-25)27(39-28)18-13-11-9-7-8-10-12-14-19-35/h15-17,20-22,24,30,35H,7-14,18-19H2,1-6H3/t24-,30-/m1/s1. The molecule has 0 bridgehead atoms. The molecule has 7 heteroatoms. The average molecular weight is 554 g/mol. The number of amides is 2. The van der Waals surface area contributed by atoms with Gasteiger partial charge >= 0.3 is 6.09 Å². The molecule has 1 aliphatic heterocycles. The zero-order chi connectivity index (χ0) is 29.4. The number of hydrogen-bond donors (Lipinski definition) is 1. The maximum atomic E-state index is 13.6. The van der Waals surface area contributed by atoms with Gasteiger partial charge in [0.1, 0.15) is 17.3 Å². The first-order chi connectivity index (χ1) is 19.0. The molecular weight excluding hydrogens is 506 g/mol. The molecule has 2 heterocycles. The van der Waals surface area contributed by atoms with Crippen LogP contribution in [-0.4, -0.2) is 46.0 Å². The van der Waals surface area contributed by atoms with Crippen LogP contribution in [0.5, 0.6) is 0 Å². The lowest BCUT2D eigenvalue weighted by Gasteiger charge is -2.31. The minimum absolute atomic E-state index is 0.0311. The van der Waals surface area contributed by atoms with E-state index in [1.165, 1.54) is 19.8 Å². The summed E-state index contributed by atoms with van der Waals surface area (Å²) in [6.45, 7) is 11.3. The highest BCUT2D eigenvalue weighted by Crippen LogP contribution is 2.36. The number of ether oxygens (including phenoxy) is 1. The van der Waals surface area contributed by atoms with Crippen molar-refractivity contribution in [1.29, 1.82) is 0 Å². The largest absolute Gasteiger partial charge is 0.457 e. The van der Waals surface area contributed by atoms with Gasteiger partial charge in [-0.1, -0.05) is 82.2 Å². The van der Waals surface area contributed by atoms with E-state index >= 15 is 0 Å². The zero-order valence-corrected chi connectivity index (χ0v) is 25.1. The zero-order valence-electron chi connectivity index (χ0n) is 25.1. The van der Waals surface area contributed by atoms with Gasteiger partial charge in [0.05, 0.1) is 6.04 Å². The summed E-state index contributed by atoms with van der Waals surface area (Å²) in [6, 6.07) is 9.37. The van der Waals surface area contributed by atoms with Gasteiger partial charge in [-0.3, -0.25) is 9.59 Å². The van der Waals surface area contributed by atoms with Gasteiger partial charge in [0.2, 0.25) is 11.7 Å². The molecule has 2 atom stereocenters. The number of rotatable bonds is 15. The normalized spacial score (nSPS) is 17.4. The monoisotopic (exact) mass is 553 g/mol. The fourth-order valence-corrected chi connectivity index (χ4v) is 5.87. The quantitative estimate of drug-likeness (QED) is 0.139. The van der Waals surface area contributed by atoms with Gasteiger partial charge in [-0.15, -0.1) is 0 Å². The number of imide groups is 1. The number of unbranched alkanes of at least 4 members (excludes halogenated alkanes) is 7. The Bertz CT molecular complexity index is 1160. The Morgan fingerprint density at radius 1 is 0.975 bits per heavy atom. The molecule has 0 saturated carbocycles. The molecule has 0 radical (unpaired) electrons. The third kappa shape index (κ3) is 7.62. The van der Waals surface area contributed by atoms with Crippen molar-refractivity contribution in [1.82, 2.24) is 4.90 Å².